The summed E-state index contributed by atoms with van der Waals surface area (Å²) in [5, 5.41) is 21.8. The number of fused-ring (bicyclic) bond motifs is 1. The first kappa shape index (κ1) is 15.0. The van der Waals surface area contributed by atoms with Gasteiger partial charge in [-0.25, -0.2) is 4.74 Å². The number of benzene rings is 2. The molecule has 0 fully saturated rings. The molecule has 120 valence electrons. The Morgan fingerprint density at radius 1 is 1.22 bits per heavy atom. The summed E-state index contributed by atoms with van der Waals surface area (Å²) in [4.78, 5) is 0. The zero-order valence-corrected chi connectivity index (χ0v) is 12.7. The van der Waals surface area contributed by atoms with Crippen LogP contribution in [0.4, 0.5) is 0 Å². The minimum atomic E-state index is 0.0530. The first-order chi connectivity index (χ1) is 11.2. The fourth-order valence-electron chi connectivity index (χ4n) is 2.31. The molecule has 0 aliphatic carbocycles. The van der Waals surface area contributed by atoms with Crippen molar-refractivity contribution < 1.29 is 24.1 Å². The average molecular weight is 315 g/mol. The highest BCUT2D eigenvalue weighted by atomic mass is 16.7. The van der Waals surface area contributed by atoms with Gasteiger partial charge in [-0.15, -0.1) is 0 Å². The van der Waals surface area contributed by atoms with Crippen molar-refractivity contribution in [1.29, 1.82) is 0 Å². The average Bonchev–Trinajstić information content (AvgIpc) is 2.98. The summed E-state index contributed by atoms with van der Waals surface area (Å²) in [6.07, 6.45) is 1.45. The molecule has 2 aromatic carbocycles. The Labute approximate surface area is 133 Å². The van der Waals surface area contributed by atoms with Gasteiger partial charge >= 0.3 is 0 Å². The first-order valence-corrected chi connectivity index (χ1v) is 7.28. The molecular formula is C17H17NO5. The van der Waals surface area contributed by atoms with Crippen molar-refractivity contribution in [2.45, 2.75) is 13.5 Å². The Balaban J connectivity index is 1.76. The number of phenols is 1. The number of hydrogen-bond acceptors (Lipinski definition) is 5. The van der Waals surface area contributed by atoms with E-state index in [1.165, 1.54) is 12.3 Å². The molecule has 0 atom stereocenters. The SMILES string of the molecule is CCOc1cc(C=[N+]([O-])Cc2ccc3c(c2)OCO3)ccc1O. The summed E-state index contributed by atoms with van der Waals surface area (Å²) < 4.78 is 16.7. The molecule has 1 aliphatic rings. The summed E-state index contributed by atoms with van der Waals surface area (Å²) >= 11 is 0. The monoisotopic (exact) mass is 315 g/mol. The fourth-order valence-corrected chi connectivity index (χ4v) is 2.31. The van der Waals surface area contributed by atoms with Gasteiger partial charge in [-0.1, -0.05) is 0 Å². The van der Waals surface area contributed by atoms with Crippen LogP contribution in [-0.2, 0) is 6.54 Å². The number of hydroxylamine groups is 1. The molecule has 6 nitrogen and oxygen atoms in total. The van der Waals surface area contributed by atoms with E-state index < -0.39 is 0 Å². The van der Waals surface area contributed by atoms with Crippen LogP contribution in [0.3, 0.4) is 0 Å². The van der Waals surface area contributed by atoms with E-state index in [0.29, 0.717) is 29.4 Å². The molecule has 3 rings (SSSR count). The van der Waals surface area contributed by atoms with E-state index in [1.54, 1.807) is 24.3 Å². The molecule has 0 radical (unpaired) electrons. The molecular weight excluding hydrogens is 298 g/mol. The van der Waals surface area contributed by atoms with E-state index in [9.17, 15) is 10.3 Å². The van der Waals surface area contributed by atoms with Crippen LogP contribution in [0.1, 0.15) is 18.1 Å². The topological polar surface area (TPSA) is 74.0 Å². The van der Waals surface area contributed by atoms with Crippen molar-refractivity contribution in [2.75, 3.05) is 13.4 Å². The zero-order chi connectivity index (χ0) is 16.2. The molecule has 23 heavy (non-hydrogen) atoms. The van der Waals surface area contributed by atoms with Gasteiger partial charge in [0, 0.05) is 11.1 Å². The normalized spacial score (nSPS) is 13.2. The van der Waals surface area contributed by atoms with Crippen LogP contribution in [0.5, 0.6) is 23.0 Å². The second kappa shape index (κ2) is 6.48. The van der Waals surface area contributed by atoms with Crippen LogP contribution < -0.4 is 14.2 Å². The van der Waals surface area contributed by atoms with Crippen molar-refractivity contribution in [3.8, 4) is 23.0 Å². The van der Waals surface area contributed by atoms with E-state index in [2.05, 4.69) is 0 Å². The molecule has 2 aromatic rings. The lowest BCUT2D eigenvalue weighted by molar-refractivity contribution is -0.469. The minimum Gasteiger partial charge on any atom is -0.624 e. The van der Waals surface area contributed by atoms with Crippen LogP contribution in [0.15, 0.2) is 36.4 Å². The fraction of sp³-hybridized carbons (Fsp3) is 0.235. The van der Waals surface area contributed by atoms with E-state index in [0.717, 1.165) is 10.3 Å². The van der Waals surface area contributed by atoms with E-state index in [4.69, 9.17) is 14.2 Å². The van der Waals surface area contributed by atoms with Gasteiger partial charge in [-0.3, -0.25) is 0 Å². The van der Waals surface area contributed by atoms with Gasteiger partial charge in [-0.2, -0.15) is 0 Å². The van der Waals surface area contributed by atoms with Crippen molar-refractivity contribution in [2.24, 2.45) is 0 Å². The number of phenolic OH excluding ortho intramolecular Hbond substituents is 1. The number of rotatable bonds is 5. The predicted octanol–water partition coefficient (Wildman–Crippen LogP) is 2.65. The van der Waals surface area contributed by atoms with Crippen LogP contribution in [-0.4, -0.2) is 29.5 Å². The maximum absolute atomic E-state index is 12.1. The van der Waals surface area contributed by atoms with Gasteiger partial charge < -0.3 is 24.5 Å². The highest BCUT2D eigenvalue weighted by Gasteiger charge is 2.14. The van der Waals surface area contributed by atoms with Crippen LogP contribution in [0.25, 0.3) is 0 Å². The number of aromatic hydroxyl groups is 1. The molecule has 1 N–H and O–H groups in total. The highest BCUT2D eigenvalue weighted by Crippen LogP contribution is 2.32. The number of ether oxygens (including phenoxy) is 3. The van der Waals surface area contributed by atoms with Gasteiger partial charge in [0.2, 0.25) is 6.79 Å². The molecule has 6 heteroatoms. The van der Waals surface area contributed by atoms with E-state index >= 15 is 0 Å². The summed E-state index contributed by atoms with van der Waals surface area (Å²) in [5.41, 5.74) is 1.48. The first-order valence-electron chi connectivity index (χ1n) is 7.28. The van der Waals surface area contributed by atoms with E-state index in [-0.39, 0.29) is 19.1 Å². The third-order valence-corrected chi connectivity index (χ3v) is 3.35. The number of nitrogens with zero attached hydrogens (tertiary/aromatic N) is 1. The van der Waals surface area contributed by atoms with Crippen LogP contribution in [0.2, 0.25) is 0 Å². The number of hydrogen-bond donors (Lipinski definition) is 1. The Morgan fingerprint density at radius 3 is 2.87 bits per heavy atom. The Kier molecular flexibility index (Phi) is 4.23. The standard InChI is InChI=1S/C17H17NO5/c1-2-21-16-7-12(3-5-14(16)19)9-18(20)10-13-4-6-15-17(8-13)23-11-22-15/h3-9,19H,2,10-11H2,1H3. The molecule has 0 saturated carbocycles. The Bertz CT molecular complexity index is 742. The lowest BCUT2D eigenvalue weighted by atomic mass is 10.2. The molecule has 0 unspecified atom stereocenters. The third kappa shape index (κ3) is 3.48. The predicted molar refractivity (Wildman–Crippen MR) is 84.3 cm³/mol. The molecule has 0 aromatic heterocycles. The lowest BCUT2D eigenvalue weighted by Crippen LogP contribution is -2.06. The molecule has 1 aliphatic heterocycles. The zero-order valence-electron chi connectivity index (χ0n) is 12.7. The van der Waals surface area contributed by atoms with Gasteiger partial charge in [0.1, 0.15) is 0 Å². The maximum atomic E-state index is 12.1. The summed E-state index contributed by atoms with van der Waals surface area (Å²) in [5.74, 6) is 1.75. The van der Waals surface area contributed by atoms with Crippen molar-refractivity contribution in [3.63, 3.8) is 0 Å². The lowest BCUT2D eigenvalue weighted by Gasteiger charge is -2.07. The summed E-state index contributed by atoms with van der Waals surface area (Å²) in [6, 6.07) is 10.2. The third-order valence-electron chi connectivity index (χ3n) is 3.35. The highest BCUT2D eigenvalue weighted by molar-refractivity contribution is 5.77. The second-order valence-corrected chi connectivity index (χ2v) is 5.05. The molecule has 0 spiro atoms. The molecule has 0 saturated heterocycles. The molecule has 1 heterocycles. The second-order valence-electron chi connectivity index (χ2n) is 5.05. The molecule has 0 bridgehead atoms. The van der Waals surface area contributed by atoms with Crippen LogP contribution in [0, 0.1) is 5.21 Å². The van der Waals surface area contributed by atoms with Gasteiger partial charge in [-0.05, 0) is 43.3 Å². The van der Waals surface area contributed by atoms with Gasteiger partial charge in [0.05, 0.1) is 6.61 Å². The maximum Gasteiger partial charge on any atom is 0.231 e. The largest absolute Gasteiger partial charge is 0.624 e. The van der Waals surface area contributed by atoms with Gasteiger partial charge in [0.15, 0.2) is 35.8 Å². The Hall–Kier alpha value is -2.89. The van der Waals surface area contributed by atoms with E-state index in [1.807, 2.05) is 13.0 Å². The van der Waals surface area contributed by atoms with Gasteiger partial charge in [0.25, 0.3) is 0 Å². The quantitative estimate of drug-likeness (QED) is 0.397. The van der Waals surface area contributed by atoms with Crippen molar-refractivity contribution in [1.82, 2.24) is 0 Å². The minimum absolute atomic E-state index is 0.0530. The van der Waals surface area contributed by atoms with Crippen LogP contribution >= 0.6 is 0 Å². The van der Waals surface area contributed by atoms with Crippen molar-refractivity contribution >= 4 is 6.21 Å². The molecule has 0 amide bonds. The Morgan fingerprint density at radius 2 is 2.04 bits per heavy atom. The summed E-state index contributed by atoms with van der Waals surface area (Å²) in [7, 11) is 0. The summed E-state index contributed by atoms with van der Waals surface area (Å²) in [6.45, 7) is 2.66. The smallest absolute Gasteiger partial charge is 0.231 e. The van der Waals surface area contributed by atoms with Crippen molar-refractivity contribution in [3.05, 3.63) is 52.7 Å².